The highest BCUT2D eigenvalue weighted by atomic mass is 32.2. The van der Waals surface area contributed by atoms with Gasteiger partial charge in [-0.1, -0.05) is 42.5 Å². The van der Waals surface area contributed by atoms with E-state index in [0.29, 0.717) is 5.92 Å². The van der Waals surface area contributed by atoms with Gasteiger partial charge in [0, 0.05) is 11.4 Å². The fourth-order valence-electron chi connectivity index (χ4n) is 2.71. The third-order valence-corrected chi connectivity index (χ3v) is 5.85. The number of hydrogen-bond acceptors (Lipinski definition) is 2. The van der Waals surface area contributed by atoms with E-state index in [2.05, 4.69) is 4.72 Å². The van der Waals surface area contributed by atoms with Crippen LogP contribution in [0.1, 0.15) is 62.3 Å². The standard InChI is InChI=1S/C20H24FNOS/c1-20(2,3)24(23)22-19(15-7-5-4-6-8-15)16-11-12-17(14-9-10-14)18(21)13-16/h4-8,11-14,19,22H,9-10H2,1-3H3/t19?,24-/m1/s1. The van der Waals surface area contributed by atoms with E-state index in [9.17, 15) is 8.94 Å². The Morgan fingerprint density at radius 3 is 2.29 bits per heavy atom. The summed E-state index contributed by atoms with van der Waals surface area (Å²) >= 11 is -1.25. The van der Waals surface area contributed by atoms with Crippen LogP contribution in [-0.4, -0.2) is 9.30 Å². The number of rotatable bonds is 5. The van der Waals surface area contributed by atoms with Gasteiger partial charge in [0.2, 0.25) is 0 Å². The molecule has 0 aromatic heterocycles. The Morgan fingerprint density at radius 1 is 1.08 bits per heavy atom. The lowest BCUT2D eigenvalue weighted by Gasteiger charge is -2.28. The zero-order valence-corrected chi connectivity index (χ0v) is 15.2. The van der Waals surface area contributed by atoms with E-state index in [4.69, 9.17) is 0 Å². The van der Waals surface area contributed by atoms with Gasteiger partial charge in [-0.2, -0.15) is 0 Å². The first-order valence-corrected chi connectivity index (χ1v) is 9.53. The quantitative estimate of drug-likeness (QED) is 0.787. The molecular formula is C20H24FNOS. The van der Waals surface area contributed by atoms with Crippen molar-refractivity contribution >= 4 is 11.4 Å². The van der Waals surface area contributed by atoms with Crippen molar-refractivity contribution in [1.82, 2.24) is 4.72 Å². The first-order valence-electron chi connectivity index (χ1n) is 8.38. The number of halogens is 1. The summed E-state index contributed by atoms with van der Waals surface area (Å²) < 4.78 is 29.9. The number of hydrogen-bond donors (Lipinski definition) is 1. The van der Waals surface area contributed by atoms with Gasteiger partial charge in [0.25, 0.3) is 0 Å². The smallest absolute Gasteiger partial charge is 0.136 e. The van der Waals surface area contributed by atoms with Crippen molar-refractivity contribution in [2.45, 2.75) is 50.3 Å². The van der Waals surface area contributed by atoms with E-state index in [1.54, 1.807) is 6.07 Å². The maximum atomic E-state index is 14.5. The third kappa shape index (κ3) is 4.00. The summed E-state index contributed by atoms with van der Waals surface area (Å²) in [5, 5.41) is 0. The van der Waals surface area contributed by atoms with Crippen LogP contribution in [0.5, 0.6) is 0 Å². The molecule has 0 radical (unpaired) electrons. The fourth-order valence-corrected chi connectivity index (χ4v) is 3.55. The first kappa shape index (κ1) is 17.5. The monoisotopic (exact) mass is 345 g/mol. The molecule has 1 fully saturated rings. The van der Waals surface area contributed by atoms with E-state index in [-0.39, 0.29) is 16.6 Å². The predicted molar refractivity (Wildman–Crippen MR) is 97.7 cm³/mol. The van der Waals surface area contributed by atoms with Crippen molar-refractivity contribution < 1.29 is 8.94 Å². The molecule has 1 saturated carbocycles. The summed E-state index contributed by atoms with van der Waals surface area (Å²) in [5.41, 5.74) is 2.59. The molecule has 0 spiro atoms. The molecule has 2 aromatic carbocycles. The molecule has 0 aliphatic heterocycles. The van der Waals surface area contributed by atoms with Crippen LogP contribution in [0.3, 0.4) is 0 Å². The minimum absolute atomic E-state index is 0.153. The van der Waals surface area contributed by atoms with Crippen molar-refractivity contribution in [1.29, 1.82) is 0 Å². The summed E-state index contributed by atoms with van der Waals surface area (Å²) in [6.45, 7) is 5.78. The lowest BCUT2D eigenvalue weighted by Crippen LogP contribution is -2.41. The number of benzene rings is 2. The maximum absolute atomic E-state index is 14.5. The summed E-state index contributed by atoms with van der Waals surface area (Å²) in [4.78, 5) is 0. The fraction of sp³-hybridized carbons (Fsp3) is 0.400. The van der Waals surface area contributed by atoms with Gasteiger partial charge in [0.15, 0.2) is 0 Å². The van der Waals surface area contributed by atoms with Gasteiger partial charge in [-0.15, -0.1) is 4.72 Å². The molecule has 1 N–H and O–H groups in total. The van der Waals surface area contributed by atoms with E-state index in [0.717, 1.165) is 29.5 Å². The molecule has 0 saturated heterocycles. The highest BCUT2D eigenvalue weighted by Gasteiger charge is 2.32. The molecule has 4 heteroatoms. The topological polar surface area (TPSA) is 35.1 Å². The first-order chi connectivity index (χ1) is 11.4. The van der Waals surface area contributed by atoms with Crippen LogP contribution in [0.4, 0.5) is 4.39 Å². The minimum Gasteiger partial charge on any atom is -0.598 e. The van der Waals surface area contributed by atoms with E-state index in [1.165, 1.54) is 0 Å². The largest absolute Gasteiger partial charge is 0.598 e. The molecule has 1 aliphatic carbocycles. The molecular weight excluding hydrogens is 321 g/mol. The molecule has 3 rings (SSSR count). The second-order valence-electron chi connectivity index (χ2n) is 7.40. The molecule has 2 atom stereocenters. The van der Waals surface area contributed by atoms with E-state index < -0.39 is 11.4 Å². The van der Waals surface area contributed by atoms with Gasteiger partial charge in [-0.3, -0.25) is 0 Å². The van der Waals surface area contributed by atoms with Gasteiger partial charge in [-0.05, 0) is 62.3 Å². The normalized spacial score (nSPS) is 17.5. The molecule has 2 aromatic rings. The maximum Gasteiger partial charge on any atom is 0.136 e. The van der Waals surface area contributed by atoms with Gasteiger partial charge < -0.3 is 4.55 Å². The molecule has 0 heterocycles. The average Bonchev–Trinajstić information content (AvgIpc) is 3.37. The van der Waals surface area contributed by atoms with E-state index in [1.807, 2.05) is 63.2 Å². The molecule has 24 heavy (non-hydrogen) atoms. The lowest BCUT2D eigenvalue weighted by atomic mass is 9.97. The van der Waals surface area contributed by atoms with Crippen LogP contribution in [-0.2, 0) is 11.4 Å². The third-order valence-electron chi connectivity index (χ3n) is 4.29. The van der Waals surface area contributed by atoms with Crippen LogP contribution < -0.4 is 4.72 Å². The van der Waals surface area contributed by atoms with Crippen molar-refractivity contribution in [2.75, 3.05) is 0 Å². The van der Waals surface area contributed by atoms with Gasteiger partial charge in [0.05, 0.1) is 0 Å². The Hall–Kier alpha value is -1.36. The molecule has 0 amide bonds. The zero-order chi connectivity index (χ0) is 17.3. The van der Waals surface area contributed by atoms with Crippen molar-refractivity contribution in [2.24, 2.45) is 0 Å². The SMILES string of the molecule is CC(C)(C)[S@@+]([O-])NC(c1ccccc1)c1ccc(C2CC2)c(F)c1. The molecule has 1 unspecified atom stereocenters. The lowest BCUT2D eigenvalue weighted by molar-refractivity contribution is 0.534. The minimum atomic E-state index is -1.25. The molecule has 128 valence electrons. The van der Waals surface area contributed by atoms with Crippen LogP contribution in [0.25, 0.3) is 0 Å². The van der Waals surface area contributed by atoms with Crippen LogP contribution in [0.15, 0.2) is 48.5 Å². The van der Waals surface area contributed by atoms with E-state index >= 15 is 0 Å². The highest BCUT2D eigenvalue weighted by molar-refractivity contribution is 7.90. The highest BCUT2D eigenvalue weighted by Crippen LogP contribution is 2.42. The summed E-state index contributed by atoms with van der Waals surface area (Å²) in [7, 11) is 0. The molecule has 1 aliphatic rings. The number of nitrogens with one attached hydrogen (secondary N) is 1. The van der Waals surface area contributed by atoms with Crippen molar-refractivity contribution in [3.8, 4) is 0 Å². The summed E-state index contributed by atoms with van der Waals surface area (Å²) in [6.07, 6.45) is 2.15. The average molecular weight is 345 g/mol. The Morgan fingerprint density at radius 2 is 1.75 bits per heavy atom. The summed E-state index contributed by atoms with van der Waals surface area (Å²) in [5.74, 6) is 0.227. The Bertz CT molecular complexity index is 695. The second-order valence-corrected chi connectivity index (χ2v) is 9.40. The zero-order valence-electron chi connectivity index (χ0n) is 14.4. The van der Waals surface area contributed by atoms with Crippen molar-refractivity contribution in [3.05, 3.63) is 71.0 Å². The Balaban J connectivity index is 1.93. The second kappa shape index (κ2) is 6.87. The Kier molecular flexibility index (Phi) is 5.00. The van der Waals surface area contributed by atoms with Crippen LogP contribution in [0, 0.1) is 5.82 Å². The predicted octanol–water partition coefficient (Wildman–Crippen LogP) is 4.84. The Labute approximate surface area is 146 Å². The van der Waals surface area contributed by atoms with Crippen LogP contribution >= 0.6 is 0 Å². The molecule has 2 nitrogen and oxygen atoms in total. The van der Waals surface area contributed by atoms with Gasteiger partial charge >= 0.3 is 0 Å². The summed E-state index contributed by atoms with van der Waals surface area (Å²) in [6, 6.07) is 14.9. The van der Waals surface area contributed by atoms with Crippen molar-refractivity contribution in [3.63, 3.8) is 0 Å². The molecule has 0 bridgehead atoms. The van der Waals surface area contributed by atoms with Crippen LogP contribution in [0.2, 0.25) is 0 Å². The van der Waals surface area contributed by atoms with Gasteiger partial charge in [0.1, 0.15) is 16.6 Å². The van der Waals surface area contributed by atoms with Gasteiger partial charge in [-0.25, -0.2) is 4.39 Å².